The van der Waals surface area contributed by atoms with E-state index in [0.717, 1.165) is 9.80 Å². The summed E-state index contributed by atoms with van der Waals surface area (Å²) in [5.74, 6) is -0.929. The van der Waals surface area contributed by atoms with Crippen LogP contribution in [-0.4, -0.2) is 54.0 Å². The zero-order chi connectivity index (χ0) is 17.9. The van der Waals surface area contributed by atoms with Gasteiger partial charge < -0.3 is 10.2 Å². The van der Waals surface area contributed by atoms with Crippen molar-refractivity contribution in [2.75, 3.05) is 25.5 Å². The molecule has 1 aromatic carbocycles. The van der Waals surface area contributed by atoms with E-state index in [4.69, 9.17) is 0 Å². The maximum atomic E-state index is 12.2. The number of benzene rings is 1. The van der Waals surface area contributed by atoms with E-state index in [9.17, 15) is 27.6 Å². The first-order chi connectivity index (χ1) is 11.2. The molecule has 1 aromatic rings. The number of halogens is 3. The lowest BCUT2D eigenvalue weighted by molar-refractivity contribution is -0.134. The number of likely N-dealkylation sites (N-methyl/N-ethyl adjacent to an activating group) is 1. The number of aryl methyl sites for hydroxylation is 1. The quantitative estimate of drug-likeness (QED) is 0.832. The third-order valence-electron chi connectivity index (χ3n) is 3.50. The van der Waals surface area contributed by atoms with Crippen molar-refractivity contribution in [3.63, 3.8) is 0 Å². The molecule has 0 aliphatic carbocycles. The number of anilines is 1. The number of imide groups is 1. The number of alkyl halides is 3. The molecular formula is C15H16F3N3O3. The third kappa shape index (κ3) is 4.71. The summed E-state index contributed by atoms with van der Waals surface area (Å²) in [7, 11) is 1.33. The summed E-state index contributed by atoms with van der Waals surface area (Å²) in [5, 5.41) is 2.51. The van der Waals surface area contributed by atoms with Crippen molar-refractivity contribution in [2.24, 2.45) is 0 Å². The van der Waals surface area contributed by atoms with Crippen LogP contribution in [0.4, 0.5) is 23.7 Å². The highest BCUT2D eigenvalue weighted by molar-refractivity contribution is 6.04. The van der Waals surface area contributed by atoms with Crippen LogP contribution < -0.4 is 5.32 Å². The maximum Gasteiger partial charge on any atom is 0.389 e. The molecule has 1 heterocycles. The molecule has 1 aliphatic rings. The van der Waals surface area contributed by atoms with Gasteiger partial charge in [0.2, 0.25) is 11.8 Å². The van der Waals surface area contributed by atoms with Gasteiger partial charge in [-0.25, -0.2) is 4.79 Å². The van der Waals surface area contributed by atoms with E-state index in [-0.39, 0.29) is 19.5 Å². The number of nitrogens with zero attached hydrogens (tertiary/aromatic N) is 2. The fourth-order valence-electron chi connectivity index (χ4n) is 2.24. The molecule has 24 heavy (non-hydrogen) atoms. The number of urea groups is 1. The number of nitrogens with one attached hydrogen (secondary N) is 1. The van der Waals surface area contributed by atoms with E-state index in [1.165, 1.54) is 19.2 Å². The molecule has 0 spiro atoms. The molecule has 0 radical (unpaired) electrons. The van der Waals surface area contributed by atoms with Gasteiger partial charge in [-0.1, -0.05) is 12.1 Å². The van der Waals surface area contributed by atoms with E-state index in [2.05, 4.69) is 5.32 Å². The Balaban J connectivity index is 1.92. The minimum atomic E-state index is -4.24. The molecule has 0 aromatic heterocycles. The summed E-state index contributed by atoms with van der Waals surface area (Å²) < 4.78 is 36.7. The van der Waals surface area contributed by atoms with Crippen LogP contribution in [0, 0.1) is 0 Å². The van der Waals surface area contributed by atoms with E-state index >= 15 is 0 Å². The van der Waals surface area contributed by atoms with Crippen LogP contribution in [-0.2, 0) is 16.0 Å². The lowest BCUT2D eigenvalue weighted by Crippen LogP contribution is -2.36. The molecule has 0 unspecified atom stereocenters. The van der Waals surface area contributed by atoms with Gasteiger partial charge >= 0.3 is 12.2 Å². The first-order valence-electron chi connectivity index (χ1n) is 7.17. The van der Waals surface area contributed by atoms with Crippen LogP contribution in [0.5, 0.6) is 0 Å². The second-order valence-electron chi connectivity index (χ2n) is 5.46. The Morgan fingerprint density at radius 3 is 2.58 bits per heavy atom. The average molecular weight is 343 g/mol. The number of rotatable bonds is 5. The van der Waals surface area contributed by atoms with Gasteiger partial charge in [-0.05, 0) is 24.1 Å². The summed E-state index contributed by atoms with van der Waals surface area (Å²) in [4.78, 5) is 37.0. The number of amides is 4. The molecule has 0 bridgehead atoms. The summed E-state index contributed by atoms with van der Waals surface area (Å²) in [5.41, 5.74) is 0.781. The normalized spacial score (nSPS) is 15.2. The van der Waals surface area contributed by atoms with Gasteiger partial charge in [0.25, 0.3) is 0 Å². The van der Waals surface area contributed by atoms with Crippen molar-refractivity contribution >= 4 is 23.5 Å². The highest BCUT2D eigenvalue weighted by atomic mass is 19.4. The highest BCUT2D eigenvalue weighted by Crippen LogP contribution is 2.23. The van der Waals surface area contributed by atoms with Gasteiger partial charge in [-0.3, -0.25) is 14.5 Å². The minimum absolute atomic E-state index is 0.172. The van der Waals surface area contributed by atoms with E-state index in [0.29, 0.717) is 11.3 Å². The molecule has 0 saturated carbocycles. The van der Waals surface area contributed by atoms with Crippen LogP contribution in [0.3, 0.4) is 0 Å². The Morgan fingerprint density at radius 1 is 1.29 bits per heavy atom. The predicted octanol–water partition coefficient (Wildman–Crippen LogP) is 2.01. The van der Waals surface area contributed by atoms with Gasteiger partial charge in [0.05, 0.1) is 0 Å². The topological polar surface area (TPSA) is 69.7 Å². The monoisotopic (exact) mass is 343 g/mol. The lowest BCUT2D eigenvalue weighted by atomic mass is 10.1. The van der Waals surface area contributed by atoms with Crippen LogP contribution >= 0.6 is 0 Å². The molecule has 2 rings (SSSR count). The smallest absolute Gasteiger partial charge is 0.325 e. The molecule has 1 fully saturated rings. The second-order valence-corrected chi connectivity index (χ2v) is 5.46. The van der Waals surface area contributed by atoms with Crippen LogP contribution in [0.1, 0.15) is 12.0 Å². The van der Waals surface area contributed by atoms with Crippen molar-refractivity contribution in [1.82, 2.24) is 9.80 Å². The fraction of sp³-hybridized carbons (Fsp3) is 0.400. The molecule has 1 saturated heterocycles. The Bertz CT molecular complexity index is 661. The van der Waals surface area contributed by atoms with Crippen molar-refractivity contribution in [1.29, 1.82) is 0 Å². The molecule has 130 valence electrons. The van der Waals surface area contributed by atoms with E-state index in [1.807, 2.05) is 0 Å². The summed E-state index contributed by atoms with van der Waals surface area (Å²) in [6, 6.07) is 5.51. The number of carbonyl (C=O) groups is 3. The Labute approximate surface area is 136 Å². The Morgan fingerprint density at radius 2 is 2.00 bits per heavy atom. The van der Waals surface area contributed by atoms with Crippen molar-refractivity contribution in [3.05, 3.63) is 29.8 Å². The molecular weight excluding hydrogens is 327 g/mol. The van der Waals surface area contributed by atoms with E-state index in [1.54, 1.807) is 12.1 Å². The van der Waals surface area contributed by atoms with Gasteiger partial charge in [-0.2, -0.15) is 13.2 Å². The molecule has 9 heteroatoms. The first kappa shape index (κ1) is 17.8. The second kappa shape index (κ2) is 6.90. The van der Waals surface area contributed by atoms with Crippen molar-refractivity contribution in [2.45, 2.75) is 19.0 Å². The highest BCUT2D eigenvalue weighted by Gasteiger charge is 2.34. The molecule has 1 N–H and O–H groups in total. The summed E-state index contributed by atoms with van der Waals surface area (Å²) in [6.07, 6.45) is -5.37. The Hall–Kier alpha value is -2.58. The molecule has 4 amide bonds. The first-order valence-corrected chi connectivity index (χ1v) is 7.17. The number of carbonyl (C=O) groups excluding carboxylic acids is 3. The van der Waals surface area contributed by atoms with Crippen LogP contribution in [0.25, 0.3) is 0 Å². The lowest BCUT2D eigenvalue weighted by Gasteiger charge is -2.14. The standard InChI is InChI=1S/C15H16F3N3O3/c1-20-13(23)9-21(14(20)24)8-12(22)19-11-4-2-3-10(7-11)5-6-15(16,17)18/h2-4,7H,5-6,8-9H2,1H3,(H,19,22). The Kier molecular flexibility index (Phi) is 5.10. The molecule has 6 nitrogen and oxygen atoms in total. The van der Waals surface area contributed by atoms with Crippen molar-refractivity contribution < 1.29 is 27.6 Å². The number of hydrogen-bond donors (Lipinski definition) is 1. The van der Waals surface area contributed by atoms with Gasteiger partial charge in [-0.15, -0.1) is 0 Å². The SMILES string of the molecule is CN1C(=O)CN(CC(=O)Nc2cccc(CCC(F)(F)F)c2)C1=O. The largest absolute Gasteiger partial charge is 0.389 e. The van der Waals surface area contributed by atoms with Gasteiger partial charge in [0.15, 0.2) is 0 Å². The molecule has 1 aliphatic heterocycles. The summed E-state index contributed by atoms with van der Waals surface area (Å²) in [6.45, 7) is -0.476. The summed E-state index contributed by atoms with van der Waals surface area (Å²) >= 11 is 0. The van der Waals surface area contributed by atoms with Crippen LogP contribution in [0.15, 0.2) is 24.3 Å². The maximum absolute atomic E-state index is 12.2. The predicted molar refractivity (Wildman–Crippen MR) is 79.2 cm³/mol. The van der Waals surface area contributed by atoms with E-state index < -0.39 is 30.4 Å². The third-order valence-corrected chi connectivity index (χ3v) is 3.50. The zero-order valence-corrected chi connectivity index (χ0v) is 12.9. The zero-order valence-electron chi connectivity index (χ0n) is 12.9. The van der Waals surface area contributed by atoms with Crippen molar-refractivity contribution in [3.8, 4) is 0 Å². The number of hydrogen-bond acceptors (Lipinski definition) is 3. The fourth-order valence-corrected chi connectivity index (χ4v) is 2.24. The minimum Gasteiger partial charge on any atom is -0.325 e. The van der Waals surface area contributed by atoms with Gasteiger partial charge in [0, 0.05) is 19.2 Å². The van der Waals surface area contributed by atoms with Gasteiger partial charge in [0.1, 0.15) is 13.1 Å². The van der Waals surface area contributed by atoms with Crippen LogP contribution in [0.2, 0.25) is 0 Å². The molecule has 0 atom stereocenters. The average Bonchev–Trinajstić information content (AvgIpc) is 2.72.